The number of hydrogen-bond donors (Lipinski definition) is 0. The number of pyridine rings is 2. The molecule has 0 aliphatic rings. The molecule has 0 saturated heterocycles. The van der Waals surface area contributed by atoms with Crippen LogP contribution < -0.4 is 0 Å². The van der Waals surface area contributed by atoms with Gasteiger partial charge in [0, 0.05) is 29.2 Å². The quantitative estimate of drug-likeness (QED) is 0.496. The van der Waals surface area contributed by atoms with E-state index in [0.29, 0.717) is 0 Å². The highest BCUT2D eigenvalue weighted by molar-refractivity contribution is 6.02. The van der Waals surface area contributed by atoms with E-state index in [1.807, 2.05) is 24.3 Å². The molecule has 0 aliphatic carbocycles. The van der Waals surface area contributed by atoms with Crippen molar-refractivity contribution < 1.29 is 0 Å². The maximum atomic E-state index is 4.33. The Labute approximate surface area is 81.2 Å². The van der Waals surface area contributed by atoms with Crippen LogP contribution in [0.4, 0.5) is 0 Å². The summed E-state index contributed by atoms with van der Waals surface area (Å²) in [7, 11) is 0. The van der Waals surface area contributed by atoms with Gasteiger partial charge in [0.2, 0.25) is 0 Å². The Balaban J connectivity index is 2.61. The molecular formula is C12H7N2. The summed E-state index contributed by atoms with van der Waals surface area (Å²) in [5.74, 6) is 0. The minimum Gasteiger partial charge on any atom is -0.254 e. The molecule has 3 rings (SSSR count). The molecule has 65 valence electrons. The third-order valence-corrected chi connectivity index (χ3v) is 2.29. The normalized spacial score (nSPS) is 10.9. The molecule has 0 N–H and O–H groups in total. The van der Waals surface area contributed by atoms with Gasteiger partial charge in [0.15, 0.2) is 0 Å². The fraction of sp³-hybridized carbons (Fsp3) is 0. The van der Waals surface area contributed by atoms with Crippen molar-refractivity contribution in [2.24, 2.45) is 0 Å². The van der Waals surface area contributed by atoms with Gasteiger partial charge in [-0.2, -0.15) is 0 Å². The van der Waals surface area contributed by atoms with Crippen LogP contribution in [0.2, 0.25) is 0 Å². The first kappa shape index (κ1) is 7.44. The summed E-state index contributed by atoms with van der Waals surface area (Å²) in [6, 6.07) is 13.0. The minimum atomic E-state index is 0.946. The molecule has 2 nitrogen and oxygen atoms in total. The topological polar surface area (TPSA) is 25.8 Å². The predicted octanol–water partition coefficient (Wildman–Crippen LogP) is 2.58. The first-order chi connectivity index (χ1) is 6.95. The van der Waals surface area contributed by atoms with Crippen LogP contribution >= 0.6 is 0 Å². The molecule has 0 atom stereocenters. The summed E-state index contributed by atoms with van der Waals surface area (Å²) >= 11 is 0. The number of fused-ring (bicyclic) bond motifs is 3. The molecule has 3 aromatic rings. The second-order valence-corrected chi connectivity index (χ2v) is 3.15. The molecule has 1 aromatic carbocycles. The maximum absolute atomic E-state index is 4.33. The van der Waals surface area contributed by atoms with Crippen molar-refractivity contribution in [2.45, 2.75) is 0 Å². The van der Waals surface area contributed by atoms with Gasteiger partial charge < -0.3 is 0 Å². The summed E-state index contributed by atoms with van der Waals surface area (Å²) in [4.78, 5) is 8.62. The summed E-state index contributed by atoms with van der Waals surface area (Å²) in [5.41, 5.74) is 1.90. The van der Waals surface area contributed by atoms with E-state index in [1.54, 1.807) is 12.4 Å². The third-order valence-electron chi connectivity index (χ3n) is 2.29. The highest BCUT2D eigenvalue weighted by Crippen LogP contribution is 2.20. The van der Waals surface area contributed by atoms with Gasteiger partial charge in [-0.3, -0.25) is 9.97 Å². The monoisotopic (exact) mass is 179 g/mol. The second kappa shape index (κ2) is 2.77. The van der Waals surface area contributed by atoms with Gasteiger partial charge >= 0.3 is 0 Å². The fourth-order valence-corrected chi connectivity index (χ4v) is 1.63. The van der Waals surface area contributed by atoms with E-state index < -0.39 is 0 Å². The third kappa shape index (κ3) is 0.973. The van der Waals surface area contributed by atoms with E-state index in [1.165, 1.54) is 0 Å². The first-order valence-corrected chi connectivity index (χ1v) is 4.45. The molecule has 0 unspecified atom stereocenters. The minimum absolute atomic E-state index is 0.946. The van der Waals surface area contributed by atoms with Crippen LogP contribution in [0.5, 0.6) is 0 Å². The van der Waals surface area contributed by atoms with Gasteiger partial charge in [-0.25, -0.2) is 0 Å². The molecule has 2 aromatic heterocycles. The zero-order valence-corrected chi connectivity index (χ0v) is 7.44. The number of hydrogen-bond acceptors (Lipinski definition) is 2. The van der Waals surface area contributed by atoms with Crippen LogP contribution in [0.3, 0.4) is 0 Å². The van der Waals surface area contributed by atoms with Crippen molar-refractivity contribution in [1.29, 1.82) is 0 Å². The lowest BCUT2D eigenvalue weighted by Crippen LogP contribution is -1.83. The van der Waals surface area contributed by atoms with Gasteiger partial charge in [0.05, 0.1) is 11.0 Å². The van der Waals surface area contributed by atoms with Crippen LogP contribution in [0.15, 0.2) is 42.7 Å². The first-order valence-electron chi connectivity index (χ1n) is 4.45. The van der Waals surface area contributed by atoms with Crippen LogP contribution in [-0.2, 0) is 0 Å². The number of nitrogens with zero attached hydrogens (tertiary/aromatic N) is 2. The van der Waals surface area contributed by atoms with Crippen LogP contribution in [0.1, 0.15) is 0 Å². The van der Waals surface area contributed by atoms with Gasteiger partial charge in [0.1, 0.15) is 0 Å². The van der Waals surface area contributed by atoms with E-state index in [0.717, 1.165) is 21.8 Å². The zero-order chi connectivity index (χ0) is 9.38. The molecule has 2 heterocycles. The summed E-state index contributed by atoms with van der Waals surface area (Å²) < 4.78 is 0. The lowest BCUT2D eigenvalue weighted by atomic mass is 10.1. The van der Waals surface area contributed by atoms with E-state index in [-0.39, 0.29) is 0 Å². The fourth-order valence-electron chi connectivity index (χ4n) is 1.63. The highest BCUT2D eigenvalue weighted by atomic mass is 14.7. The molecule has 0 aliphatic heterocycles. The molecule has 0 bridgehead atoms. The Morgan fingerprint density at radius 3 is 2.79 bits per heavy atom. The lowest BCUT2D eigenvalue weighted by molar-refractivity contribution is 1.37. The van der Waals surface area contributed by atoms with Crippen molar-refractivity contribution >= 4 is 21.8 Å². The van der Waals surface area contributed by atoms with E-state index >= 15 is 0 Å². The SMILES string of the molecule is [c]1cnc2c(c1)ccc1cccnc12. The predicted molar refractivity (Wildman–Crippen MR) is 55.9 cm³/mol. The molecule has 0 saturated carbocycles. The standard InChI is InChI=1S/C12H7N2/c1-3-9-5-6-10-4-2-8-14-12(10)11(9)13-7-1/h1,3-8H. The van der Waals surface area contributed by atoms with Crippen LogP contribution in [0, 0.1) is 6.07 Å². The van der Waals surface area contributed by atoms with Crippen molar-refractivity contribution in [3.8, 4) is 0 Å². The summed E-state index contributed by atoms with van der Waals surface area (Å²) in [6.45, 7) is 0. The Morgan fingerprint density at radius 2 is 1.79 bits per heavy atom. The molecular weight excluding hydrogens is 172 g/mol. The van der Waals surface area contributed by atoms with Gasteiger partial charge in [-0.15, -0.1) is 0 Å². The second-order valence-electron chi connectivity index (χ2n) is 3.15. The van der Waals surface area contributed by atoms with Crippen LogP contribution in [0.25, 0.3) is 21.8 Å². The van der Waals surface area contributed by atoms with Crippen molar-refractivity contribution in [2.75, 3.05) is 0 Å². The van der Waals surface area contributed by atoms with Gasteiger partial charge in [0.25, 0.3) is 0 Å². The maximum Gasteiger partial charge on any atom is 0.0964 e. The molecule has 0 spiro atoms. The smallest absolute Gasteiger partial charge is 0.0964 e. The Kier molecular flexibility index (Phi) is 1.47. The van der Waals surface area contributed by atoms with E-state index in [4.69, 9.17) is 0 Å². The number of rotatable bonds is 0. The molecule has 1 radical (unpaired) electrons. The largest absolute Gasteiger partial charge is 0.254 e. The highest BCUT2D eigenvalue weighted by Gasteiger charge is 2.00. The van der Waals surface area contributed by atoms with Gasteiger partial charge in [-0.05, 0) is 12.1 Å². The van der Waals surface area contributed by atoms with Crippen molar-refractivity contribution in [1.82, 2.24) is 9.97 Å². The van der Waals surface area contributed by atoms with Gasteiger partial charge in [-0.1, -0.05) is 18.2 Å². The van der Waals surface area contributed by atoms with E-state index in [2.05, 4.69) is 22.1 Å². The lowest BCUT2D eigenvalue weighted by Gasteiger charge is -2.00. The Morgan fingerprint density at radius 1 is 0.929 bits per heavy atom. The number of aromatic nitrogens is 2. The molecule has 2 heteroatoms. The summed E-state index contributed by atoms with van der Waals surface area (Å²) in [5, 5.41) is 2.21. The van der Waals surface area contributed by atoms with E-state index in [9.17, 15) is 0 Å². The van der Waals surface area contributed by atoms with Crippen molar-refractivity contribution in [3.63, 3.8) is 0 Å². The average Bonchev–Trinajstić information content (AvgIpc) is 2.29. The zero-order valence-electron chi connectivity index (χ0n) is 7.44. The molecule has 0 fully saturated rings. The average molecular weight is 179 g/mol. The van der Waals surface area contributed by atoms with Crippen LogP contribution in [-0.4, -0.2) is 9.97 Å². The Bertz CT molecular complexity index is 547. The summed E-state index contributed by atoms with van der Waals surface area (Å²) in [6.07, 6.45) is 3.47. The van der Waals surface area contributed by atoms with Crippen molar-refractivity contribution in [3.05, 3.63) is 48.8 Å². The Hall–Kier alpha value is -1.96. The molecule has 0 amide bonds. The molecule has 14 heavy (non-hydrogen) atoms. The number of benzene rings is 1.